The standard InChI is InChI=1S/C17H22N2O2/c1-13(7-5-6-8-16(20)18-2)17(21)14-9-11-15(12-10-14)19(3)4/h6-12H,5H2,1-4H3,(H,18,20)/b8-6+,13-7+. The van der Waals surface area contributed by atoms with Crippen molar-refractivity contribution in [3.8, 4) is 0 Å². The van der Waals surface area contributed by atoms with Crippen LogP contribution in [0.4, 0.5) is 5.69 Å². The number of hydrogen-bond acceptors (Lipinski definition) is 3. The lowest BCUT2D eigenvalue weighted by atomic mass is 10.0. The second kappa shape index (κ2) is 8.04. The summed E-state index contributed by atoms with van der Waals surface area (Å²) in [5.74, 6) is -0.139. The predicted octanol–water partition coefficient (Wildman–Crippen LogP) is 2.57. The van der Waals surface area contributed by atoms with E-state index in [0.29, 0.717) is 17.6 Å². The van der Waals surface area contributed by atoms with Gasteiger partial charge >= 0.3 is 0 Å². The normalized spacial score (nSPS) is 11.5. The largest absolute Gasteiger partial charge is 0.378 e. The summed E-state index contributed by atoms with van der Waals surface area (Å²) >= 11 is 0. The average Bonchev–Trinajstić information content (AvgIpc) is 2.50. The van der Waals surface area contributed by atoms with Crippen molar-refractivity contribution in [1.29, 1.82) is 0 Å². The lowest BCUT2D eigenvalue weighted by molar-refractivity contribution is -0.116. The van der Waals surface area contributed by atoms with Crippen LogP contribution in [0.2, 0.25) is 0 Å². The topological polar surface area (TPSA) is 49.4 Å². The molecule has 0 bridgehead atoms. The number of hydrogen-bond donors (Lipinski definition) is 1. The average molecular weight is 286 g/mol. The highest BCUT2D eigenvalue weighted by atomic mass is 16.1. The van der Waals surface area contributed by atoms with Gasteiger partial charge in [0.25, 0.3) is 0 Å². The van der Waals surface area contributed by atoms with Crippen LogP contribution in [0.5, 0.6) is 0 Å². The molecule has 1 N–H and O–H groups in total. The molecule has 1 rings (SSSR count). The molecule has 0 radical (unpaired) electrons. The molecule has 0 unspecified atom stereocenters. The Morgan fingerprint density at radius 1 is 1.19 bits per heavy atom. The first-order valence-electron chi connectivity index (χ1n) is 6.82. The van der Waals surface area contributed by atoms with Crippen molar-refractivity contribution in [2.45, 2.75) is 13.3 Å². The number of nitrogens with zero attached hydrogens (tertiary/aromatic N) is 1. The van der Waals surface area contributed by atoms with E-state index >= 15 is 0 Å². The molecule has 0 aliphatic heterocycles. The third-order valence-corrected chi connectivity index (χ3v) is 3.08. The van der Waals surface area contributed by atoms with Gasteiger partial charge in [0.1, 0.15) is 0 Å². The molecule has 0 saturated carbocycles. The summed E-state index contributed by atoms with van der Waals surface area (Å²) in [6, 6.07) is 7.50. The number of Topliss-reactive ketones (excluding diaryl/α,β-unsaturated/α-hetero) is 1. The van der Waals surface area contributed by atoms with Gasteiger partial charge in [0.05, 0.1) is 0 Å². The third-order valence-electron chi connectivity index (χ3n) is 3.08. The van der Waals surface area contributed by atoms with Gasteiger partial charge in [-0.1, -0.05) is 12.2 Å². The Labute approximate surface area is 126 Å². The Bertz CT molecular complexity index is 555. The van der Waals surface area contributed by atoms with E-state index in [0.717, 1.165) is 5.69 Å². The predicted molar refractivity (Wildman–Crippen MR) is 86.7 cm³/mol. The SMILES string of the molecule is CNC(=O)/C=C/C/C=C(\C)C(=O)c1ccc(N(C)C)cc1. The van der Waals surface area contributed by atoms with E-state index < -0.39 is 0 Å². The zero-order valence-electron chi connectivity index (χ0n) is 13.0. The summed E-state index contributed by atoms with van der Waals surface area (Å²) in [7, 11) is 5.50. The molecule has 0 fully saturated rings. The summed E-state index contributed by atoms with van der Waals surface area (Å²) in [6.45, 7) is 1.79. The second-order valence-electron chi connectivity index (χ2n) is 4.91. The van der Waals surface area contributed by atoms with Crippen LogP contribution in [0.3, 0.4) is 0 Å². The van der Waals surface area contributed by atoms with Crippen LogP contribution in [-0.4, -0.2) is 32.8 Å². The summed E-state index contributed by atoms with van der Waals surface area (Å²) in [5, 5.41) is 2.50. The summed E-state index contributed by atoms with van der Waals surface area (Å²) < 4.78 is 0. The van der Waals surface area contributed by atoms with E-state index in [4.69, 9.17) is 0 Å². The number of anilines is 1. The van der Waals surface area contributed by atoms with Crippen molar-refractivity contribution in [3.05, 3.63) is 53.6 Å². The summed E-state index contributed by atoms with van der Waals surface area (Å²) in [4.78, 5) is 25.2. The first-order chi connectivity index (χ1) is 9.95. The highest BCUT2D eigenvalue weighted by Crippen LogP contribution is 2.15. The van der Waals surface area contributed by atoms with Crippen molar-refractivity contribution in [1.82, 2.24) is 5.32 Å². The van der Waals surface area contributed by atoms with Crippen molar-refractivity contribution < 1.29 is 9.59 Å². The van der Waals surface area contributed by atoms with Crippen LogP contribution in [0.25, 0.3) is 0 Å². The Kier molecular flexibility index (Phi) is 6.40. The van der Waals surface area contributed by atoms with Crippen LogP contribution >= 0.6 is 0 Å². The molecule has 0 aliphatic rings. The van der Waals surface area contributed by atoms with Gasteiger partial charge in [-0.15, -0.1) is 0 Å². The number of carbonyl (C=O) groups excluding carboxylic acids is 2. The van der Waals surface area contributed by atoms with Crippen molar-refractivity contribution >= 4 is 17.4 Å². The van der Waals surface area contributed by atoms with Gasteiger partial charge in [-0.3, -0.25) is 9.59 Å². The molecule has 1 aromatic carbocycles. The number of rotatable bonds is 6. The lowest BCUT2D eigenvalue weighted by Crippen LogP contribution is -2.13. The molecule has 1 amide bonds. The molecule has 0 aliphatic carbocycles. The highest BCUT2D eigenvalue weighted by molar-refractivity contribution is 6.08. The molecular formula is C17H22N2O2. The van der Waals surface area contributed by atoms with Crippen LogP contribution in [0.1, 0.15) is 23.7 Å². The number of nitrogens with one attached hydrogen (secondary N) is 1. The Morgan fingerprint density at radius 2 is 1.81 bits per heavy atom. The maximum Gasteiger partial charge on any atom is 0.243 e. The van der Waals surface area contributed by atoms with Crippen LogP contribution in [0, 0.1) is 0 Å². The third kappa shape index (κ3) is 5.26. The molecule has 0 aromatic heterocycles. The minimum atomic E-state index is -0.147. The van der Waals surface area contributed by atoms with Gasteiger partial charge in [-0.25, -0.2) is 0 Å². The van der Waals surface area contributed by atoms with E-state index in [-0.39, 0.29) is 11.7 Å². The van der Waals surface area contributed by atoms with Crippen molar-refractivity contribution in [2.75, 3.05) is 26.0 Å². The minimum absolute atomic E-state index is 0.00801. The van der Waals surface area contributed by atoms with Crippen LogP contribution in [0.15, 0.2) is 48.1 Å². The fraction of sp³-hybridized carbons (Fsp3) is 0.294. The van der Waals surface area contributed by atoms with Gasteiger partial charge in [0.2, 0.25) is 5.91 Å². The van der Waals surface area contributed by atoms with E-state index in [1.165, 1.54) is 6.08 Å². The fourth-order valence-electron chi connectivity index (χ4n) is 1.73. The first kappa shape index (κ1) is 16.7. The van der Waals surface area contributed by atoms with Gasteiger partial charge in [0.15, 0.2) is 5.78 Å². The minimum Gasteiger partial charge on any atom is -0.378 e. The monoisotopic (exact) mass is 286 g/mol. The summed E-state index contributed by atoms with van der Waals surface area (Å²) in [6.07, 6.45) is 5.56. The number of benzene rings is 1. The van der Waals surface area contributed by atoms with E-state index in [2.05, 4.69) is 5.32 Å². The van der Waals surface area contributed by atoms with Crippen LogP contribution in [-0.2, 0) is 4.79 Å². The molecule has 112 valence electrons. The zero-order chi connectivity index (χ0) is 15.8. The number of amides is 1. The van der Waals surface area contributed by atoms with Gasteiger partial charge in [0, 0.05) is 32.4 Å². The highest BCUT2D eigenvalue weighted by Gasteiger charge is 2.07. The summed E-state index contributed by atoms with van der Waals surface area (Å²) in [5.41, 5.74) is 2.40. The number of carbonyl (C=O) groups is 2. The maximum absolute atomic E-state index is 12.2. The van der Waals surface area contributed by atoms with Crippen molar-refractivity contribution in [2.24, 2.45) is 0 Å². The smallest absolute Gasteiger partial charge is 0.243 e. The molecule has 4 heteroatoms. The van der Waals surface area contributed by atoms with E-state index in [1.807, 2.05) is 49.3 Å². The number of likely N-dealkylation sites (N-methyl/N-ethyl adjacent to an activating group) is 1. The van der Waals surface area contributed by atoms with Gasteiger partial charge in [-0.05, 0) is 49.3 Å². The molecule has 0 spiro atoms. The molecule has 1 aromatic rings. The fourth-order valence-corrected chi connectivity index (χ4v) is 1.73. The first-order valence-corrected chi connectivity index (χ1v) is 6.82. The molecule has 21 heavy (non-hydrogen) atoms. The van der Waals surface area contributed by atoms with Crippen LogP contribution < -0.4 is 10.2 Å². The maximum atomic E-state index is 12.2. The quantitative estimate of drug-likeness (QED) is 0.646. The van der Waals surface area contributed by atoms with Gasteiger partial charge in [-0.2, -0.15) is 0 Å². The zero-order valence-corrected chi connectivity index (χ0v) is 13.0. The molecular weight excluding hydrogens is 264 g/mol. The lowest BCUT2D eigenvalue weighted by Gasteiger charge is -2.12. The second-order valence-corrected chi connectivity index (χ2v) is 4.91. The van der Waals surface area contributed by atoms with E-state index in [1.54, 1.807) is 20.0 Å². The van der Waals surface area contributed by atoms with Gasteiger partial charge < -0.3 is 10.2 Å². The Morgan fingerprint density at radius 3 is 2.33 bits per heavy atom. The molecule has 0 atom stereocenters. The van der Waals surface area contributed by atoms with E-state index in [9.17, 15) is 9.59 Å². The Hall–Kier alpha value is -2.36. The Balaban J connectivity index is 2.69. The number of ketones is 1. The number of allylic oxidation sites excluding steroid dienone is 3. The van der Waals surface area contributed by atoms with Crippen molar-refractivity contribution in [3.63, 3.8) is 0 Å². The molecule has 0 saturated heterocycles. The molecule has 0 heterocycles. The molecule has 4 nitrogen and oxygen atoms in total.